The first-order chi connectivity index (χ1) is 16.1. The number of nitrogens with two attached hydrogens (primary N) is 1. The minimum atomic E-state index is -0.382. The van der Waals surface area contributed by atoms with E-state index in [4.69, 9.17) is 10.5 Å². The molecule has 3 N–H and O–H groups in total. The third kappa shape index (κ3) is 6.21. The molecule has 1 unspecified atom stereocenters. The molecule has 2 heterocycles. The number of aryl methyl sites for hydroxylation is 1. The van der Waals surface area contributed by atoms with Gasteiger partial charge in [0.2, 0.25) is 11.8 Å². The second kappa shape index (κ2) is 11.1. The summed E-state index contributed by atoms with van der Waals surface area (Å²) in [5.74, 6) is 0.352. The van der Waals surface area contributed by atoms with Gasteiger partial charge in [0.05, 0.1) is 18.4 Å². The number of aromatic nitrogens is 3. The fourth-order valence-corrected chi connectivity index (χ4v) is 4.57. The number of anilines is 1. The molecule has 3 aromatic rings. The van der Waals surface area contributed by atoms with E-state index in [2.05, 4.69) is 15.5 Å². The third-order valence-corrected chi connectivity index (χ3v) is 6.38. The lowest BCUT2D eigenvalue weighted by atomic mass is 10.0. The Bertz CT molecular complexity index is 1100. The molecule has 0 bridgehead atoms. The molecule has 1 atom stereocenters. The predicted octanol–water partition coefficient (Wildman–Crippen LogP) is 3.27. The monoisotopic (exact) mass is 465 g/mol. The third-order valence-electron chi connectivity index (χ3n) is 5.42. The van der Waals surface area contributed by atoms with Crippen LogP contribution in [-0.4, -0.2) is 45.0 Å². The summed E-state index contributed by atoms with van der Waals surface area (Å²) in [5.41, 5.74) is 8.07. The zero-order valence-corrected chi connectivity index (χ0v) is 19.1. The number of nitrogens with one attached hydrogen (secondary N) is 1. The Morgan fingerprint density at radius 1 is 1.12 bits per heavy atom. The number of amides is 2. The van der Waals surface area contributed by atoms with Crippen molar-refractivity contribution in [1.29, 1.82) is 0 Å². The van der Waals surface area contributed by atoms with Crippen molar-refractivity contribution >= 4 is 29.3 Å². The van der Waals surface area contributed by atoms with E-state index >= 15 is 0 Å². The van der Waals surface area contributed by atoms with Gasteiger partial charge >= 0.3 is 0 Å². The van der Waals surface area contributed by atoms with Gasteiger partial charge in [0.15, 0.2) is 5.16 Å². The van der Waals surface area contributed by atoms with Crippen molar-refractivity contribution in [3.05, 3.63) is 60.4 Å². The SMILES string of the molecule is NC(=O)CCc1nnc(SCC(=O)Nc2ccccc2-c2ccccc2)n1CC1CCCO1. The van der Waals surface area contributed by atoms with E-state index in [9.17, 15) is 9.59 Å². The molecule has 9 heteroatoms. The second-order valence-electron chi connectivity index (χ2n) is 7.86. The van der Waals surface area contributed by atoms with E-state index in [1.807, 2.05) is 59.2 Å². The van der Waals surface area contributed by atoms with Gasteiger partial charge in [0.1, 0.15) is 5.82 Å². The van der Waals surface area contributed by atoms with Gasteiger partial charge in [-0.1, -0.05) is 60.3 Å². The molecular weight excluding hydrogens is 438 g/mol. The first-order valence-electron chi connectivity index (χ1n) is 11.0. The van der Waals surface area contributed by atoms with Gasteiger partial charge in [-0.25, -0.2) is 0 Å². The molecule has 0 saturated carbocycles. The number of carbonyl (C=O) groups excluding carboxylic acids is 2. The molecule has 2 amide bonds. The summed E-state index contributed by atoms with van der Waals surface area (Å²) in [6.07, 6.45) is 2.68. The van der Waals surface area contributed by atoms with Crippen LogP contribution in [0.4, 0.5) is 5.69 Å². The van der Waals surface area contributed by atoms with Gasteiger partial charge in [-0.05, 0) is 24.5 Å². The highest BCUT2D eigenvalue weighted by atomic mass is 32.2. The standard InChI is InChI=1S/C24H27N5O3S/c25-21(30)12-13-22-27-28-24(29(22)15-18-9-6-14-32-18)33-16-23(31)26-20-11-5-4-10-19(20)17-7-2-1-3-8-17/h1-5,7-8,10-11,18H,6,9,12-16H2,(H2,25,30)(H,26,31). The number of thioether (sulfide) groups is 1. The first kappa shape index (κ1) is 23.0. The Hall–Kier alpha value is -3.17. The van der Waals surface area contributed by atoms with E-state index in [-0.39, 0.29) is 30.1 Å². The average molecular weight is 466 g/mol. The first-order valence-corrected chi connectivity index (χ1v) is 12.0. The molecule has 1 aromatic heterocycles. The number of benzene rings is 2. The van der Waals surface area contributed by atoms with Crippen LogP contribution in [0, 0.1) is 0 Å². The highest BCUT2D eigenvalue weighted by Gasteiger charge is 2.22. The van der Waals surface area contributed by atoms with Crippen LogP contribution in [0.3, 0.4) is 0 Å². The summed E-state index contributed by atoms with van der Waals surface area (Å²) in [5, 5.41) is 12.2. The number of primary amides is 1. The Morgan fingerprint density at radius 3 is 2.67 bits per heavy atom. The van der Waals surface area contributed by atoms with Crippen molar-refractivity contribution in [1.82, 2.24) is 14.8 Å². The molecular formula is C24H27N5O3S. The summed E-state index contributed by atoms with van der Waals surface area (Å²) in [6, 6.07) is 17.7. The molecule has 1 saturated heterocycles. The second-order valence-corrected chi connectivity index (χ2v) is 8.80. The number of nitrogens with zero attached hydrogens (tertiary/aromatic N) is 3. The molecule has 8 nitrogen and oxygen atoms in total. The van der Waals surface area contributed by atoms with Crippen LogP contribution in [0.15, 0.2) is 59.8 Å². The highest BCUT2D eigenvalue weighted by molar-refractivity contribution is 7.99. The highest BCUT2D eigenvalue weighted by Crippen LogP contribution is 2.28. The minimum Gasteiger partial charge on any atom is -0.376 e. The van der Waals surface area contributed by atoms with Crippen LogP contribution in [-0.2, 0) is 27.3 Å². The normalized spacial score (nSPS) is 15.5. The van der Waals surface area contributed by atoms with Gasteiger partial charge < -0.3 is 20.4 Å². The predicted molar refractivity (Wildman–Crippen MR) is 128 cm³/mol. The maximum absolute atomic E-state index is 12.8. The smallest absolute Gasteiger partial charge is 0.234 e. The number of carbonyl (C=O) groups is 2. The van der Waals surface area contributed by atoms with Crippen LogP contribution in [0.25, 0.3) is 11.1 Å². The van der Waals surface area contributed by atoms with Crippen molar-refractivity contribution in [3.8, 4) is 11.1 Å². The number of para-hydroxylation sites is 1. The maximum atomic E-state index is 12.8. The molecule has 1 fully saturated rings. The molecule has 0 radical (unpaired) electrons. The topological polar surface area (TPSA) is 112 Å². The van der Waals surface area contributed by atoms with Gasteiger partial charge in [0, 0.05) is 30.7 Å². The van der Waals surface area contributed by atoms with E-state index in [0.29, 0.717) is 23.9 Å². The van der Waals surface area contributed by atoms with Crippen LogP contribution in [0.2, 0.25) is 0 Å². The summed E-state index contributed by atoms with van der Waals surface area (Å²) >= 11 is 1.32. The van der Waals surface area contributed by atoms with Crippen molar-refractivity contribution in [3.63, 3.8) is 0 Å². The lowest BCUT2D eigenvalue weighted by Crippen LogP contribution is -2.20. The lowest BCUT2D eigenvalue weighted by Gasteiger charge is -2.15. The maximum Gasteiger partial charge on any atom is 0.234 e. The van der Waals surface area contributed by atoms with Gasteiger partial charge in [-0.3, -0.25) is 9.59 Å². The zero-order chi connectivity index (χ0) is 23.0. The molecule has 0 spiro atoms. The molecule has 172 valence electrons. The number of ether oxygens (including phenoxy) is 1. The van der Waals surface area contributed by atoms with E-state index in [1.165, 1.54) is 11.8 Å². The Morgan fingerprint density at radius 2 is 1.91 bits per heavy atom. The fraction of sp³-hybridized carbons (Fsp3) is 0.333. The van der Waals surface area contributed by atoms with Crippen molar-refractivity contribution in [2.24, 2.45) is 5.73 Å². The summed E-state index contributed by atoms with van der Waals surface area (Å²) in [4.78, 5) is 24.0. The van der Waals surface area contributed by atoms with Gasteiger partial charge in [-0.2, -0.15) is 0 Å². The van der Waals surface area contributed by atoms with Crippen molar-refractivity contribution in [2.45, 2.75) is 43.5 Å². The minimum absolute atomic E-state index is 0.0826. The van der Waals surface area contributed by atoms with Crippen LogP contribution in [0.1, 0.15) is 25.1 Å². The van der Waals surface area contributed by atoms with E-state index in [1.54, 1.807) is 0 Å². The molecule has 2 aromatic carbocycles. The lowest BCUT2D eigenvalue weighted by molar-refractivity contribution is -0.118. The number of rotatable bonds is 10. The van der Waals surface area contributed by atoms with Gasteiger partial charge in [0.25, 0.3) is 0 Å². The van der Waals surface area contributed by atoms with Crippen molar-refractivity contribution < 1.29 is 14.3 Å². The van der Waals surface area contributed by atoms with Crippen LogP contribution < -0.4 is 11.1 Å². The van der Waals surface area contributed by atoms with Crippen LogP contribution in [0.5, 0.6) is 0 Å². The molecule has 1 aliphatic heterocycles. The summed E-state index contributed by atoms with van der Waals surface area (Å²) < 4.78 is 7.72. The zero-order valence-electron chi connectivity index (χ0n) is 18.3. The van der Waals surface area contributed by atoms with Gasteiger partial charge in [-0.15, -0.1) is 10.2 Å². The number of hydrogen-bond donors (Lipinski definition) is 2. The van der Waals surface area contributed by atoms with E-state index < -0.39 is 0 Å². The quantitative estimate of drug-likeness (QED) is 0.445. The van der Waals surface area contributed by atoms with E-state index in [0.717, 1.165) is 36.3 Å². The molecule has 1 aliphatic rings. The average Bonchev–Trinajstić information content (AvgIpc) is 3.47. The Kier molecular flexibility index (Phi) is 7.74. The fourth-order valence-electron chi connectivity index (χ4n) is 3.80. The van der Waals surface area contributed by atoms with Crippen molar-refractivity contribution in [2.75, 3.05) is 17.7 Å². The number of hydrogen-bond acceptors (Lipinski definition) is 6. The summed E-state index contributed by atoms with van der Waals surface area (Å²) in [7, 11) is 0. The largest absolute Gasteiger partial charge is 0.376 e. The Balaban J connectivity index is 1.43. The van der Waals surface area contributed by atoms with Crippen LogP contribution >= 0.6 is 11.8 Å². The molecule has 0 aliphatic carbocycles. The molecule has 4 rings (SSSR count). The summed E-state index contributed by atoms with van der Waals surface area (Å²) in [6.45, 7) is 1.34. The Labute approximate surface area is 196 Å². The molecule has 33 heavy (non-hydrogen) atoms.